The Balaban J connectivity index is 1.41. The summed E-state index contributed by atoms with van der Waals surface area (Å²) < 4.78 is 36.4. The van der Waals surface area contributed by atoms with Gasteiger partial charge in [-0.05, 0) is 75.3 Å². The molecule has 0 spiro atoms. The van der Waals surface area contributed by atoms with E-state index in [1.54, 1.807) is 48.3 Å². The third-order valence-corrected chi connectivity index (χ3v) is 8.65. The molecule has 3 aromatic rings. The van der Waals surface area contributed by atoms with E-state index in [2.05, 4.69) is 15.0 Å². The van der Waals surface area contributed by atoms with Gasteiger partial charge in [0.1, 0.15) is 19.6 Å². The van der Waals surface area contributed by atoms with Gasteiger partial charge in [-0.25, -0.2) is 4.68 Å². The van der Waals surface area contributed by atoms with Crippen molar-refractivity contribution in [3.63, 3.8) is 0 Å². The molecule has 1 N–H and O–H groups in total. The zero-order valence-corrected chi connectivity index (χ0v) is 24.2. The van der Waals surface area contributed by atoms with Crippen LogP contribution in [0.1, 0.15) is 47.8 Å². The highest BCUT2D eigenvalue weighted by molar-refractivity contribution is 7.90. The minimum absolute atomic E-state index is 0.00855. The van der Waals surface area contributed by atoms with Crippen molar-refractivity contribution in [2.24, 2.45) is 11.4 Å². The van der Waals surface area contributed by atoms with E-state index in [9.17, 15) is 22.8 Å². The lowest BCUT2D eigenvalue weighted by atomic mass is 10.1. The molecule has 214 valence electrons. The first-order valence-electron chi connectivity index (χ1n) is 12.9. The first-order chi connectivity index (χ1) is 19.4. The summed E-state index contributed by atoms with van der Waals surface area (Å²) in [5.41, 5.74) is 1.90. The summed E-state index contributed by atoms with van der Waals surface area (Å²) in [5, 5.41) is 6.84. The Labute approximate surface area is 241 Å². The second-order valence-electron chi connectivity index (χ2n) is 10.1. The van der Waals surface area contributed by atoms with Crippen molar-refractivity contribution in [2.75, 3.05) is 5.32 Å². The summed E-state index contributed by atoms with van der Waals surface area (Å²) in [6.07, 6.45) is 1.40. The van der Waals surface area contributed by atoms with Crippen LogP contribution >= 0.6 is 12.2 Å². The second-order valence-corrected chi connectivity index (χ2v) is 12.0. The Morgan fingerprint density at radius 1 is 1.15 bits per heavy atom. The van der Waals surface area contributed by atoms with Crippen LogP contribution in [0, 0.1) is 6.92 Å². The molecule has 0 bridgehead atoms. The number of benzene rings is 2. The summed E-state index contributed by atoms with van der Waals surface area (Å²) in [4.78, 5) is 41.1. The van der Waals surface area contributed by atoms with Gasteiger partial charge in [0.2, 0.25) is 5.91 Å². The Bertz CT molecular complexity index is 1710. The van der Waals surface area contributed by atoms with Crippen LogP contribution in [0.25, 0.3) is 0 Å². The van der Waals surface area contributed by atoms with Crippen LogP contribution in [0.3, 0.4) is 0 Å². The molecule has 2 amide bonds. The van der Waals surface area contributed by atoms with Crippen LogP contribution in [0.15, 0.2) is 62.3 Å². The minimum atomic E-state index is -4.12. The fraction of sp³-hybridized carbons (Fsp3) is 0.333. The van der Waals surface area contributed by atoms with Crippen molar-refractivity contribution in [2.45, 2.75) is 56.6 Å². The van der Waals surface area contributed by atoms with Gasteiger partial charge < -0.3 is 14.7 Å². The van der Waals surface area contributed by atoms with E-state index in [1.165, 1.54) is 28.6 Å². The van der Waals surface area contributed by atoms with Gasteiger partial charge in [0.05, 0.1) is 11.3 Å². The summed E-state index contributed by atoms with van der Waals surface area (Å²) >= 11 is 5.67. The van der Waals surface area contributed by atoms with E-state index < -0.39 is 22.0 Å². The highest BCUT2D eigenvalue weighted by Gasteiger charge is 2.49. The highest BCUT2D eigenvalue weighted by Crippen LogP contribution is 2.34. The molecule has 1 aliphatic carbocycles. The molecule has 0 radical (unpaired) electrons. The molecule has 2 fully saturated rings. The molecule has 14 heteroatoms. The average Bonchev–Trinajstić information content (AvgIpc) is 3.66. The molecule has 1 saturated heterocycles. The third-order valence-electron chi connectivity index (χ3n) is 6.95. The maximum atomic E-state index is 13.5. The van der Waals surface area contributed by atoms with Crippen LogP contribution in [-0.4, -0.2) is 53.0 Å². The van der Waals surface area contributed by atoms with Crippen LogP contribution in [0.2, 0.25) is 0 Å². The number of hydrogen-bond donors (Lipinski definition) is 1. The van der Waals surface area contributed by atoms with Crippen molar-refractivity contribution in [1.82, 2.24) is 15.1 Å². The molecule has 12 nitrogen and oxygen atoms in total. The number of hydrogen-bond acceptors (Lipinski definition) is 7. The van der Waals surface area contributed by atoms with Crippen molar-refractivity contribution < 1.29 is 32.0 Å². The van der Waals surface area contributed by atoms with Gasteiger partial charge >= 0.3 is 0 Å². The normalized spacial score (nSPS) is 17.8. The van der Waals surface area contributed by atoms with E-state index in [0.29, 0.717) is 11.3 Å². The summed E-state index contributed by atoms with van der Waals surface area (Å²) in [6.45, 7) is 3.23. The number of anilines is 1. The van der Waals surface area contributed by atoms with E-state index in [0.717, 1.165) is 18.4 Å². The number of aromatic nitrogens is 2. The van der Waals surface area contributed by atoms with Gasteiger partial charge in [0.15, 0.2) is 10.9 Å². The van der Waals surface area contributed by atoms with Crippen LogP contribution in [0.4, 0.5) is 5.69 Å². The van der Waals surface area contributed by atoms with Crippen LogP contribution in [0.5, 0.6) is 0 Å². The fourth-order valence-corrected chi connectivity index (χ4v) is 5.87. The maximum Gasteiger partial charge on any atom is 0.289 e. The molecule has 1 aliphatic heterocycles. The number of amides is 2. The minimum Gasteiger partial charge on any atom is -0.486 e. The zero-order valence-electron chi connectivity index (χ0n) is 22.6. The molecule has 1 saturated carbocycles. The van der Waals surface area contributed by atoms with Crippen molar-refractivity contribution in [3.8, 4) is 0 Å². The molecule has 41 heavy (non-hydrogen) atoms. The molecule has 1 unspecified atom stereocenters. The third kappa shape index (κ3) is 5.98. The van der Waals surface area contributed by atoms with Crippen molar-refractivity contribution in [3.05, 3.63) is 70.9 Å². The SMILES string of the molecule is CC(=O)c1ccc(NC(=O)CC2C(=O)N(C3CC3)C(=S)N2Cc2/c(=N/S(=O)(=O)c3ccc(C)cc3)o[n-][n+]2C)cc1. The number of carbonyl (C=O) groups is 3. The summed E-state index contributed by atoms with van der Waals surface area (Å²) in [5.74, 6) is -0.821. The number of rotatable bonds is 9. The molecule has 1 atom stereocenters. The Morgan fingerprint density at radius 2 is 1.80 bits per heavy atom. The van der Waals surface area contributed by atoms with Gasteiger partial charge in [-0.2, -0.15) is 8.42 Å². The zero-order chi connectivity index (χ0) is 29.5. The number of nitrogens with one attached hydrogen (secondary N) is 1. The Kier molecular flexibility index (Phi) is 7.62. The number of ketones is 1. The average molecular weight is 597 g/mol. The molecular weight excluding hydrogens is 568 g/mol. The highest BCUT2D eigenvalue weighted by atomic mass is 32.2. The standard InChI is InChI=1S/C27H28N6O6S2/c1-16-4-12-21(13-5-16)41(37,38)29-25-23(31(3)30-39-25)15-32-22(26(36)33(27(32)40)20-10-11-20)14-24(35)28-19-8-6-18(7-9-19)17(2)34/h4-9,12-13,20,22H,10-11,14-15H2,1-3H3,(H,28,35)/b29-25-. The number of Topliss-reactive ketones (excluding diaryl/α,β-unsaturated/α-hetero) is 1. The number of aryl methyl sites for hydroxylation is 2. The quantitative estimate of drug-likeness (QED) is 0.220. The molecule has 1 aromatic heterocycles. The Morgan fingerprint density at radius 3 is 2.41 bits per heavy atom. The van der Waals surface area contributed by atoms with Gasteiger partial charge in [0, 0.05) is 17.3 Å². The number of carbonyl (C=O) groups excluding carboxylic acids is 3. The second kappa shape index (κ2) is 11.0. The number of sulfonamides is 1. The summed E-state index contributed by atoms with van der Waals surface area (Å²) in [7, 11) is -2.57. The fourth-order valence-electron chi connectivity index (χ4n) is 4.49. The monoisotopic (exact) mass is 596 g/mol. The van der Waals surface area contributed by atoms with E-state index in [4.69, 9.17) is 16.7 Å². The molecule has 2 heterocycles. The first-order valence-corrected chi connectivity index (χ1v) is 14.7. The van der Waals surface area contributed by atoms with Crippen LogP contribution in [-0.2, 0) is 33.2 Å². The van der Waals surface area contributed by atoms with Gasteiger partial charge in [-0.15, -0.1) is 4.40 Å². The topological polar surface area (TPSA) is 147 Å². The molecule has 5 rings (SSSR count). The lowest BCUT2D eigenvalue weighted by Crippen LogP contribution is -2.45. The first kappa shape index (κ1) is 28.4. The van der Waals surface area contributed by atoms with Gasteiger partial charge in [0.25, 0.3) is 27.2 Å². The molecule has 2 aliphatic rings. The summed E-state index contributed by atoms with van der Waals surface area (Å²) in [6, 6.07) is 11.7. The van der Waals surface area contributed by atoms with E-state index in [1.807, 2.05) is 6.92 Å². The predicted octanol–water partition coefficient (Wildman–Crippen LogP) is 1.35. The lowest BCUT2D eigenvalue weighted by Gasteiger charge is -2.22. The van der Waals surface area contributed by atoms with E-state index in [-0.39, 0.29) is 52.0 Å². The van der Waals surface area contributed by atoms with Crippen molar-refractivity contribution in [1.29, 1.82) is 0 Å². The number of thiocarbonyl (C=S) groups is 1. The number of nitrogens with zero attached hydrogens (tertiary/aromatic N) is 5. The Hall–Kier alpha value is -4.17. The largest absolute Gasteiger partial charge is 0.486 e. The van der Waals surface area contributed by atoms with Crippen molar-refractivity contribution >= 4 is 50.6 Å². The van der Waals surface area contributed by atoms with Gasteiger partial charge in [-0.1, -0.05) is 17.7 Å². The van der Waals surface area contributed by atoms with Crippen LogP contribution < -0.4 is 20.8 Å². The van der Waals surface area contributed by atoms with Gasteiger partial charge in [-0.3, -0.25) is 24.6 Å². The maximum absolute atomic E-state index is 13.5. The lowest BCUT2D eigenvalue weighted by molar-refractivity contribution is -0.752. The molecular formula is C27H28N6O6S2. The smallest absolute Gasteiger partial charge is 0.289 e. The van der Waals surface area contributed by atoms with E-state index >= 15 is 0 Å². The predicted molar refractivity (Wildman–Crippen MR) is 149 cm³/mol. The molecule has 2 aromatic carbocycles.